The second-order valence-corrected chi connectivity index (χ2v) is 6.07. The Kier molecular flexibility index (Phi) is 5.30. The standard InChI is InChI=1S/C18H17FN4O4/c19-14-6-3-12(4-7-14)17(24)20-21-18(25)13-5-8-15(16(11-13)23(26)27)22-9-1-2-10-22/h3-8,11H,1-2,9-10H2,(H,20,24)(H,21,25). The zero-order valence-corrected chi connectivity index (χ0v) is 14.3. The Labute approximate surface area is 154 Å². The van der Waals surface area contributed by atoms with Gasteiger partial charge in [-0.3, -0.25) is 30.6 Å². The average Bonchev–Trinajstić information content (AvgIpc) is 3.20. The van der Waals surface area contributed by atoms with Crippen molar-refractivity contribution < 1.29 is 18.9 Å². The van der Waals surface area contributed by atoms with Crippen LogP contribution in [0.25, 0.3) is 0 Å². The first-order valence-corrected chi connectivity index (χ1v) is 8.35. The summed E-state index contributed by atoms with van der Waals surface area (Å²) < 4.78 is 12.9. The van der Waals surface area contributed by atoms with Crippen LogP contribution in [-0.2, 0) is 0 Å². The molecule has 1 aliphatic rings. The maximum Gasteiger partial charge on any atom is 0.293 e. The average molecular weight is 372 g/mol. The molecule has 0 spiro atoms. The number of anilines is 1. The Hall–Kier alpha value is -3.49. The Morgan fingerprint density at radius 2 is 1.52 bits per heavy atom. The number of hydrogen-bond acceptors (Lipinski definition) is 5. The number of nitrogens with one attached hydrogen (secondary N) is 2. The summed E-state index contributed by atoms with van der Waals surface area (Å²) in [7, 11) is 0. The highest BCUT2D eigenvalue weighted by atomic mass is 19.1. The van der Waals surface area contributed by atoms with Gasteiger partial charge in [0.1, 0.15) is 11.5 Å². The fourth-order valence-corrected chi connectivity index (χ4v) is 2.90. The van der Waals surface area contributed by atoms with E-state index in [4.69, 9.17) is 0 Å². The minimum Gasteiger partial charge on any atom is -0.366 e. The zero-order valence-electron chi connectivity index (χ0n) is 14.3. The van der Waals surface area contributed by atoms with Crippen LogP contribution in [0, 0.1) is 15.9 Å². The largest absolute Gasteiger partial charge is 0.366 e. The van der Waals surface area contributed by atoms with E-state index in [-0.39, 0.29) is 16.8 Å². The van der Waals surface area contributed by atoms with Gasteiger partial charge in [0.2, 0.25) is 0 Å². The summed E-state index contributed by atoms with van der Waals surface area (Å²) in [4.78, 5) is 36.9. The lowest BCUT2D eigenvalue weighted by atomic mass is 10.1. The Morgan fingerprint density at radius 3 is 2.11 bits per heavy atom. The molecule has 0 saturated carbocycles. The van der Waals surface area contributed by atoms with Crippen molar-refractivity contribution in [2.24, 2.45) is 0 Å². The summed E-state index contributed by atoms with van der Waals surface area (Å²) in [6.07, 6.45) is 1.93. The van der Waals surface area contributed by atoms with Gasteiger partial charge in [0, 0.05) is 30.3 Å². The highest BCUT2D eigenvalue weighted by Gasteiger charge is 2.24. The lowest BCUT2D eigenvalue weighted by molar-refractivity contribution is -0.384. The lowest BCUT2D eigenvalue weighted by Gasteiger charge is -2.17. The third kappa shape index (κ3) is 4.20. The van der Waals surface area contributed by atoms with E-state index in [0.717, 1.165) is 38.1 Å². The second kappa shape index (κ2) is 7.81. The summed E-state index contributed by atoms with van der Waals surface area (Å²) in [5.74, 6) is -1.81. The fraction of sp³-hybridized carbons (Fsp3) is 0.222. The van der Waals surface area contributed by atoms with Gasteiger partial charge in [-0.25, -0.2) is 4.39 Å². The molecule has 27 heavy (non-hydrogen) atoms. The molecule has 0 radical (unpaired) electrons. The molecule has 2 aromatic carbocycles. The predicted octanol–water partition coefficient (Wildman–Crippen LogP) is 2.41. The number of carbonyl (C=O) groups is 2. The van der Waals surface area contributed by atoms with E-state index >= 15 is 0 Å². The van der Waals surface area contributed by atoms with Gasteiger partial charge >= 0.3 is 0 Å². The number of nitrogens with zero attached hydrogens (tertiary/aromatic N) is 2. The maximum atomic E-state index is 12.9. The summed E-state index contributed by atoms with van der Waals surface area (Å²) >= 11 is 0. The van der Waals surface area contributed by atoms with Gasteiger partial charge in [-0.2, -0.15) is 0 Å². The Morgan fingerprint density at radius 1 is 0.963 bits per heavy atom. The number of carbonyl (C=O) groups excluding carboxylic acids is 2. The van der Waals surface area contributed by atoms with E-state index in [0.29, 0.717) is 5.69 Å². The normalized spacial score (nSPS) is 13.3. The maximum absolute atomic E-state index is 12.9. The summed E-state index contributed by atoms with van der Waals surface area (Å²) in [5.41, 5.74) is 4.92. The topological polar surface area (TPSA) is 105 Å². The van der Waals surface area contributed by atoms with Crippen molar-refractivity contribution in [2.45, 2.75) is 12.8 Å². The van der Waals surface area contributed by atoms with Gasteiger partial charge in [-0.15, -0.1) is 0 Å². The van der Waals surface area contributed by atoms with Gasteiger partial charge < -0.3 is 4.90 Å². The molecule has 0 aromatic heterocycles. The molecule has 1 fully saturated rings. The Balaban J connectivity index is 1.70. The first-order chi connectivity index (χ1) is 13.0. The van der Waals surface area contributed by atoms with Crippen molar-refractivity contribution >= 4 is 23.2 Å². The Bertz CT molecular complexity index is 879. The molecule has 9 heteroatoms. The molecule has 0 atom stereocenters. The SMILES string of the molecule is O=C(NNC(=O)c1ccc(N2CCCC2)c([N+](=O)[O-])c1)c1ccc(F)cc1. The number of amides is 2. The molecule has 1 saturated heterocycles. The highest BCUT2D eigenvalue weighted by molar-refractivity contribution is 5.99. The second-order valence-electron chi connectivity index (χ2n) is 6.07. The molecule has 0 aliphatic carbocycles. The molecule has 2 amide bonds. The molecule has 140 valence electrons. The van der Waals surface area contributed by atoms with E-state index < -0.39 is 22.6 Å². The summed E-state index contributed by atoms with van der Waals surface area (Å²) in [5, 5.41) is 11.4. The molecule has 2 aromatic rings. The molecule has 1 heterocycles. The van der Waals surface area contributed by atoms with Crippen molar-refractivity contribution in [1.29, 1.82) is 0 Å². The van der Waals surface area contributed by atoms with Crippen LogP contribution in [0.5, 0.6) is 0 Å². The number of halogens is 1. The smallest absolute Gasteiger partial charge is 0.293 e. The van der Waals surface area contributed by atoms with Crippen LogP contribution in [0.4, 0.5) is 15.8 Å². The minimum atomic E-state index is -0.693. The van der Waals surface area contributed by atoms with Crippen molar-refractivity contribution in [3.05, 3.63) is 69.5 Å². The number of hydrogen-bond donors (Lipinski definition) is 2. The van der Waals surface area contributed by atoms with Gasteiger partial charge in [0.05, 0.1) is 4.92 Å². The quantitative estimate of drug-likeness (QED) is 0.633. The molecule has 8 nitrogen and oxygen atoms in total. The van der Waals surface area contributed by atoms with Crippen LogP contribution in [-0.4, -0.2) is 29.8 Å². The zero-order chi connectivity index (χ0) is 19.4. The first kappa shape index (κ1) is 18.3. The number of nitro benzene ring substituents is 1. The van der Waals surface area contributed by atoms with Crippen LogP contribution in [0.3, 0.4) is 0 Å². The molecule has 2 N–H and O–H groups in total. The monoisotopic (exact) mass is 372 g/mol. The van der Waals surface area contributed by atoms with Gasteiger partial charge in [-0.1, -0.05) is 0 Å². The highest BCUT2D eigenvalue weighted by Crippen LogP contribution is 2.31. The van der Waals surface area contributed by atoms with Gasteiger partial charge in [0.15, 0.2) is 0 Å². The van der Waals surface area contributed by atoms with Gasteiger partial charge in [0.25, 0.3) is 17.5 Å². The van der Waals surface area contributed by atoms with E-state index in [1.54, 1.807) is 6.07 Å². The molecular weight excluding hydrogens is 355 g/mol. The van der Waals surface area contributed by atoms with E-state index in [2.05, 4.69) is 10.9 Å². The lowest BCUT2D eigenvalue weighted by Crippen LogP contribution is -2.41. The van der Waals surface area contributed by atoms with Crippen LogP contribution in [0.2, 0.25) is 0 Å². The van der Waals surface area contributed by atoms with Crippen molar-refractivity contribution in [3.8, 4) is 0 Å². The molecular formula is C18H17FN4O4. The molecule has 0 unspecified atom stereocenters. The molecule has 3 rings (SSSR count). The van der Waals surface area contributed by atoms with Crippen LogP contribution >= 0.6 is 0 Å². The minimum absolute atomic E-state index is 0.0454. The molecule has 1 aliphatic heterocycles. The van der Waals surface area contributed by atoms with Crippen LogP contribution in [0.1, 0.15) is 33.6 Å². The first-order valence-electron chi connectivity index (χ1n) is 8.35. The number of nitro groups is 1. The summed E-state index contributed by atoms with van der Waals surface area (Å²) in [6, 6.07) is 8.99. The summed E-state index contributed by atoms with van der Waals surface area (Å²) in [6.45, 7) is 1.47. The molecule has 0 bridgehead atoms. The van der Waals surface area contributed by atoms with Crippen LogP contribution in [0.15, 0.2) is 42.5 Å². The number of hydrazine groups is 1. The van der Waals surface area contributed by atoms with Crippen molar-refractivity contribution in [1.82, 2.24) is 10.9 Å². The van der Waals surface area contributed by atoms with E-state index in [1.165, 1.54) is 24.3 Å². The van der Waals surface area contributed by atoms with Crippen molar-refractivity contribution in [2.75, 3.05) is 18.0 Å². The van der Waals surface area contributed by atoms with Crippen LogP contribution < -0.4 is 15.8 Å². The number of rotatable bonds is 4. The predicted molar refractivity (Wildman–Crippen MR) is 95.9 cm³/mol. The third-order valence-corrected chi connectivity index (χ3v) is 4.28. The third-order valence-electron chi connectivity index (χ3n) is 4.28. The van der Waals surface area contributed by atoms with Gasteiger partial charge in [-0.05, 0) is 49.2 Å². The number of benzene rings is 2. The van der Waals surface area contributed by atoms with Crippen molar-refractivity contribution in [3.63, 3.8) is 0 Å². The van der Waals surface area contributed by atoms with E-state index in [1.807, 2.05) is 4.90 Å². The fourth-order valence-electron chi connectivity index (χ4n) is 2.90. The van der Waals surface area contributed by atoms with E-state index in [9.17, 15) is 24.1 Å².